The second-order valence-electron chi connectivity index (χ2n) is 5.53. The molecular weight excluding hydrogens is 265 g/mol. The summed E-state index contributed by atoms with van der Waals surface area (Å²) in [5, 5.41) is 3.35. The number of halogens is 1. The topological polar surface area (TPSA) is 28.2 Å². The average molecular weight is 295 g/mol. The molecule has 0 bridgehead atoms. The summed E-state index contributed by atoms with van der Waals surface area (Å²) in [5.74, 6) is 1.33. The van der Waals surface area contributed by atoms with Crippen LogP contribution >= 0.6 is 0 Å². The van der Waals surface area contributed by atoms with Crippen LogP contribution in [0.15, 0.2) is 12.3 Å². The van der Waals surface area contributed by atoms with Gasteiger partial charge in [-0.05, 0) is 31.9 Å². The lowest BCUT2D eigenvalue weighted by molar-refractivity contribution is 0.483. The number of rotatable bonds is 10. The first kappa shape index (κ1) is 17.9. The van der Waals surface area contributed by atoms with Crippen molar-refractivity contribution < 1.29 is 4.39 Å². The molecule has 0 aromatic carbocycles. The molecule has 21 heavy (non-hydrogen) atoms. The van der Waals surface area contributed by atoms with Crippen molar-refractivity contribution in [1.29, 1.82) is 0 Å². The van der Waals surface area contributed by atoms with Gasteiger partial charge in [-0.15, -0.1) is 0 Å². The van der Waals surface area contributed by atoms with Crippen LogP contribution in [0.2, 0.25) is 0 Å². The van der Waals surface area contributed by atoms with Gasteiger partial charge in [-0.25, -0.2) is 9.37 Å². The Balaban J connectivity index is 2.90. The minimum absolute atomic E-state index is 0.259. The molecule has 1 rings (SSSR count). The van der Waals surface area contributed by atoms with Gasteiger partial charge in [0.15, 0.2) is 0 Å². The summed E-state index contributed by atoms with van der Waals surface area (Å²) < 4.78 is 13.5. The van der Waals surface area contributed by atoms with E-state index < -0.39 is 0 Å². The fourth-order valence-corrected chi connectivity index (χ4v) is 2.51. The molecule has 0 aliphatic rings. The van der Waals surface area contributed by atoms with E-state index in [9.17, 15) is 4.39 Å². The molecule has 3 nitrogen and oxygen atoms in total. The predicted octanol–water partition coefficient (Wildman–Crippen LogP) is 3.98. The van der Waals surface area contributed by atoms with Gasteiger partial charge >= 0.3 is 0 Å². The quantitative estimate of drug-likeness (QED) is 0.662. The average Bonchev–Trinajstić information content (AvgIpc) is 2.50. The van der Waals surface area contributed by atoms with E-state index in [0.717, 1.165) is 50.3 Å². The Kier molecular flexibility index (Phi) is 8.28. The van der Waals surface area contributed by atoms with Crippen LogP contribution in [-0.2, 0) is 6.54 Å². The highest BCUT2D eigenvalue weighted by atomic mass is 19.1. The smallest absolute Gasteiger partial charge is 0.141 e. The number of anilines is 1. The number of hydrogen-bond donors (Lipinski definition) is 1. The normalized spacial score (nSPS) is 11.1. The maximum atomic E-state index is 13.5. The van der Waals surface area contributed by atoms with Crippen LogP contribution in [-0.4, -0.2) is 24.6 Å². The standard InChI is InChI=1S/C17H30FN3/c1-5-9-19-11-15-10-16(18)12-20-17(15)21(8-4)13-14(6-2)7-3/h10,12,14,19H,5-9,11,13H2,1-4H3. The summed E-state index contributed by atoms with van der Waals surface area (Å²) in [6.07, 6.45) is 4.73. The zero-order chi connectivity index (χ0) is 15.7. The Bertz CT molecular complexity index is 405. The fourth-order valence-electron chi connectivity index (χ4n) is 2.51. The minimum Gasteiger partial charge on any atom is -0.356 e. The third kappa shape index (κ3) is 5.62. The molecule has 0 atom stereocenters. The number of nitrogens with zero attached hydrogens (tertiary/aromatic N) is 2. The Labute approximate surface area is 129 Å². The second-order valence-corrected chi connectivity index (χ2v) is 5.53. The first-order valence-corrected chi connectivity index (χ1v) is 8.26. The van der Waals surface area contributed by atoms with E-state index in [2.05, 4.69) is 42.9 Å². The van der Waals surface area contributed by atoms with Crippen LogP contribution in [0, 0.1) is 11.7 Å². The van der Waals surface area contributed by atoms with Crippen LogP contribution in [0.1, 0.15) is 52.5 Å². The number of hydrogen-bond acceptors (Lipinski definition) is 3. The van der Waals surface area contributed by atoms with Crippen molar-refractivity contribution in [3.8, 4) is 0 Å². The van der Waals surface area contributed by atoms with Gasteiger partial charge in [0.05, 0.1) is 6.20 Å². The van der Waals surface area contributed by atoms with E-state index in [1.807, 2.05) is 0 Å². The molecule has 0 spiro atoms. The molecule has 120 valence electrons. The number of nitrogens with one attached hydrogen (secondary N) is 1. The summed E-state index contributed by atoms with van der Waals surface area (Å²) in [5.41, 5.74) is 0.955. The molecule has 0 unspecified atom stereocenters. The Morgan fingerprint density at radius 3 is 2.52 bits per heavy atom. The molecule has 4 heteroatoms. The second kappa shape index (κ2) is 9.72. The predicted molar refractivity (Wildman–Crippen MR) is 88.2 cm³/mol. The van der Waals surface area contributed by atoms with Crippen LogP contribution in [0.3, 0.4) is 0 Å². The van der Waals surface area contributed by atoms with Crippen LogP contribution in [0.5, 0.6) is 0 Å². The van der Waals surface area contributed by atoms with E-state index in [4.69, 9.17) is 0 Å². The van der Waals surface area contributed by atoms with Crippen molar-refractivity contribution in [1.82, 2.24) is 10.3 Å². The van der Waals surface area contributed by atoms with Crippen LogP contribution in [0.25, 0.3) is 0 Å². The zero-order valence-electron chi connectivity index (χ0n) is 14.0. The Morgan fingerprint density at radius 1 is 1.24 bits per heavy atom. The van der Waals surface area contributed by atoms with Gasteiger partial charge < -0.3 is 10.2 Å². The lowest BCUT2D eigenvalue weighted by Gasteiger charge is -2.28. The van der Waals surface area contributed by atoms with Gasteiger partial charge in [0.2, 0.25) is 0 Å². The lowest BCUT2D eigenvalue weighted by Crippen LogP contribution is -2.31. The van der Waals surface area contributed by atoms with E-state index >= 15 is 0 Å². The maximum Gasteiger partial charge on any atom is 0.141 e. The van der Waals surface area contributed by atoms with E-state index in [0.29, 0.717) is 12.5 Å². The highest BCUT2D eigenvalue weighted by Gasteiger charge is 2.15. The van der Waals surface area contributed by atoms with E-state index in [-0.39, 0.29) is 5.82 Å². The van der Waals surface area contributed by atoms with Crippen molar-refractivity contribution in [3.05, 3.63) is 23.6 Å². The molecule has 0 saturated heterocycles. The molecule has 0 saturated carbocycles. The molecule has 0 amide bonds. The SMILES string of the molecule is CCCNCc1cc(F)cnc1N(CC)CC(CC)CC. The van der Waals surface area contributed by atoms with Crippen molar-refractivity contribution in [3.63, 3.8) is 0 Å². The largest absolute Gasteiger partial charge is 0.356 e. The monoisotopic (exact) mass is 295 g/mol. The molecule has 1 heterocycles. The summed E-state index contributed by atoms with van der Waals surface area (Å²) in [7, 11) is 0. The molecule has 0 aliphatic heterocycles. The molecule has 0 fully saturated rings. The fraction of sp³-hybridized carbons (Fsp3) is 0.706. The highest BCUT2D eigenvalue weighted by Crippen LogP contribution is 2.21. The maximum absolute atomic E-state index is 13.5. The first-order chi connectivity index (χ1) is 10.2. The molecule has 0 radical (unpaired) electrons. The van der Waals surface area contributed by atoms with Gasteiger partial charge in [-0.1, -0.05) is 33.6 Å². The van der Waals surface area contributed by atoms with Gasteiger partial charge in [0.1, 0.15) is 11.6 Å². The summed E-state index contributed by atoms with van der Waals surface area (Å²) in [4.78, 5) is 6.64. The lowest BCUT2D eigenvalue weighted by atomic mass is 10.0. The summed E-state index contributed by atoms with van der Waals surface area (Å²) >= 11 is 0. The number of aromatic nitrogens is 1. The van der Waals surface area contributed by atoms with Crippen molar-refractivity contribution in [2.75, 3.05) is 24.5 Å². The third-order valence-corrected chi connectivity index (χ3v) is 3.97. The Morgan fingerprint density at radius 2 is 1.95 bits per heavy atom. The van der Waals surface area contributed by atoms with Crippen LogP contribution < -0.4 is 10.2 Å². The first-order valence-electron chi connectivity index (χ1n) is 8.26. The molecule has 0 aliphatic carbocycles. The zero-order valence-corrected chi connectivity index (χ0v) is 14.0. The molecular formula is C17H30FN3. The molecule has 1 aromatic heterocycles. The molecule has 1 N–H and O–H groups in total. The summed E-state index contributed by atoms with van der Waals surface area (Å²) in [6, 6.07) is 1.61. The van der Waals surface area contributed by atoms with E-state index in [1.165, 1.54) is 6.20 Å². The minimum atomic E-state index is -0.259. The number of pyridine rings is 1. The van der Waals surface area contributed by atoms with Gasteiger partial charge in [0.25, 0.3) is 0 Å². The van der Waals surface area contributed by atoms with Gasteiger partial charge in [-0.2, -0.15) is 0 Å². The van der Waals surface area contributed by atoms with Gasteiger partial charge in [0, 0.05) is 25.2 Å². The van der Waals surface area contributed by atoms with E-state index in [1.54, 1.807) is 6.07 Å². The van der Waals surface area contributed by atoms with Gasteiger partial charge in [-0.3, -0.25) is 0 Å². The highest BCUT2D eigenvalue weighted by molar-refractivity contribution is 5.47. The third-order valence-electron chi connectivity index (χ3n) is 3.97. The molecule has 1 aromatic rings. The van der Waals surface area contributed by atoms with Crippen molar-refractivity contribution in [2.24, 2.45) is 5.92 Å². The van der Waals surface area contributed by atoms with Crippen molar-refractivity contribution in [2.45, 2.75) is 53.5 Å². The van der Waals surface area contributed by atoms with Crippen molar-refractivity contribution >= 4 is 5.82 Å². The van der Waals surface area contributed by atoms with Crippen LogP contribution in [0.4, 0.5) is 10.2 Å². The summed E-state index contributed by atoms with van der Waals surface area (Å²) in [6.45, 7) is 12.2. The Hall–Kier alpha value is -1.16.